The summed E-state index contributed by atoms with van der Waals surface area (Å²) in [6.45, 7) is 4.55. The average Bonchev–Trinajstić information content (AvgIpc) is 3.57. The number of nitrogens with one attached hydrogen (secondary N) is 1. The van der Waals surface area contributed by atoms with Crippen LogP contribution < -0.4 is 19.5 Å². The number of oxazole rings is 1. The first kappa shape index (κ1) is 23.5. The molecule has 3 heterocycles. The number of ether oxygens (including phenoxy) is 4. The number of benzene rings is 2. The van der Waals surface area contributed by atoms with Crippen molar-refractivity contribution in [1.82, 2.24) is 4.98 Å². The zero-order valence-corrected chi connectivity index (χ0v) is 20.3. The van der Waals surface area contributed by atoms with E-state index in [1.165, 1.54) is 12.1 Å². The number of rotatable bonds is 9. The molecule has 3 aromatic rings. The maximum atomic E-state index is 13.6. The average molecular weight is 501 g/mol. The Morgan fingerprint density at radius 3 is 2.60 bits per heavy atom. The number of hydrogen-bond acceptors (Lipinski definition) is 9. The Morgan fingerprint density at radius 1 is 1.06 bits per heavy atom. The predicted octanol–water partition coefficient (Wildman–Crippen LogP) is 4.33. The summed E-state index contributed by atoms with van der Waals surface area (Å²) in [6, 6.07) is 11.7. The van der Waals surface area contributed by atoms with Crippen molar-refractivity contribution in [3.05, 3.63) is 42.5 Å². The lowest BCUT2D eigenvalue weighted by atomic mass is 10.2. The Morgan fingerprint density at radius 2 is 1.86 bits per heavy atom. The summed E-state index contributed by atoms with van der Waals surface area (Å²) in [4.78, 5) is 4.45. The molecule has 1 atom stereocenters. The van der Waals surface area contributed by atoms with Crippen molar-refractivity contribution in [2.45, 2.75) is 42.2 Å². The van der Waals surface area contributed by atoms with Crippen molar-refractivity contribution in [2.75, 3.05) is 38.3 Å². The molecule has 0 spiro atoms. The second kappa shape index (κ2) is 10.2. The van der Waals surface area contributed by atoms with Crippen LogP contribution in [0.5, 0.6) is 17.2 Å². The third kappa shape index (κ3) is 5.08. The molecule has 0 aliphatic carbocycles. The molecule has 2 aliphatic heterocycles. The van der Waals surface area contributed by atoms with Crippen LogP contribution in [0, 0.1) is 0 Å². The molecule has 0 bridgehead atoms. The number of hydrogen-bond donors (Lipinski definition) is 1. The molecular weight excluding hydrogens is 472 g/mol. The van der Waals surface area contributed by atoms with Gasteiger partial charge >= 0.3 is 0 Å². The van der Waals surface area contributed by atoms with E-state index in [0.717, 1.165) is 25.0 Å². The monoisotopic (exact) mass is 500 g/mol. The highest BCUT2D eigenvalue weighted by atomic mass is 32.2. The summed E-state index contributed by atoms with van der Waals surface area (Å²) in [6.07, 6.45) is 2.77. The third-order valence-electron chi connectivity index (χ3n) is 5.76. The highest BCUT2D eigenvalue weighted by Crippen LogP contribution is 2.37. The SMILES string of the molecule is CCCOc1ccc(-c2nc(S(=O)(=O)c3ccc4c(c3)OCCO4)c(NCC3CCCO3)o2)cc1. The molecule has 10 heteroatoms. The smallest absolute Gasteiger partial charge is 0.233 e. The second-order valence-electron chi connectivity index (χ2n) is 8.35. The molecule has 0 saturated carbocycles. The first-order valence-corrected chi connectivity index (χ1v) is 13.3. The Hall–Kier alpha value is -3.24. The van der Waals surface area contributed by atoms with Crippen molar-refractivity contribution in [2.24, 2.45) is 0 Å². The molecule has 35 heavy (non-hydrogen) atoms. The molecule has 2 aliphatic rings. The molecule has 0 amide bonds. The minimum Gasteiger partial charge on any atom is -0.494 e. The maximum Gasteiger partial charge on any atom is 0.233 e. The quantitative estimate of drug-likeness (QED) is 0.459. The molecule has 5 rings (SSSR count). The topological polar surface area (TPSA) is 109 Å². The van der Waals surface area contributed by atoms with Gasteiger partial charge in [-0.05, 0) is 55.7 Å². The fourth-order valence-electron chi connectivity index (χ4n) is 3.95. The van der Waals surface area contributed by atoms with Crippen LogP contribution in [-0.2, 0) is 14.6 Å². The van der Waals surface area contributed by atoms with E-state index in [2.05, 4.69) is 10.3 Å². The van der Waals surface area contributed by atoms with Gasteiger partial charge in [-0.1, -0.05) is 6.92 Å². The van der Waals surface area contributed by atoms with Gasteiger partial charge in [-0.3, -0.25) is 0 Å². The third-order valence-corrected chi connectivity index (χ3v) is 7.42. The molecule has 1 saturated heterocycles. The van der Waals surface area contributed by atoms with Crippen LogP contribution in [0.1, 0.15) is 26.2 Å². The van der Waals surface area contributed by atoms with E-state index in [4.69, 9.17) is 23.4 Å². The van der Waals surface area contributed by atoms with E-state index >= 15 is 0 Å². The van der Waals surface area contributed by atoms with Gasteiger partial charge in [-0.25, -0.2) is 8.42 Å². The van der Waals surface area contributed by atoms with Gasteiger partial charge in [0.15, 0.2) is 11.5 Å². The largest absolute Gasteiger partial charge is 0.494 e. The van der Waals surface area contributed by atoms with Gasteiger partial charge in [-0.15, -0.1) is 0 Å². The molecule has 186 valence electrons. The standard InChI is InChI=1S/C25H28N2O7S/c1-2-11-30-18-7-5-17(6-8-18)23-27-25(24(34-23)26-16-19-4-3-12-31-19)35(28,29)20-9-10-21-22(15-20)33-14-13-32-21/h5-10,15,19,26H,2-4,11-14,16H2,1H3. The van der Waals surface area contributed by atoms with Crippen LogP contribution in [0.3, 0.4) is 0 Å². The van der Waals surface area contributed by atoms with Gasteiger partial charge in [-0.2, -0.15) is 4.98 Å². The Balaban J connectivity index is 1.48. The van der Waals surface area contributed by atoms with Gasteiger partial charge in [0.1, 0.15) is 19.0 Å². The van der Waals surface area contributed by atoms with E-state index in [-0.39, 0.29) is 27.8 Å². The molecule has 1 N–H and O–H groups in total. The summed E-state index contributed by atoms with van der Waals surface area (Å²) < 4.78 is 55.6. The van der Waals surface area contributed by atoms with E-state index in [1.807, 2.05) is 19.1 Å². The predicted molar refractivity (Wildman–Crippen MR) is 128 cm³/mol. The minimum atomic E-state index is -4.02. The van der Waals surface area contributed by atoms with Crippen LogP contribution >= 0.6 is 0 Å². The van der Waals surface area contributed by atoms with Crippen LogP contribution in [0.25, 0.3) is 11.5 Å². The van der Waals surface area contributed by atoms with Crippen LogP contribution in [-0.4, -0.2) is 52.5 Å². The van der Waals surface area contributed by atoms with E-state index in [1.54, 1.807) is 18.2 Å². The zero-order chi connectivity index (χ0) is 24.3. The first-order valence-electron chi connectivity index (χ1n) is 11.8. The van der Waals surface area contributed by atoms with Crippen molar-refractivity contribution in [3.8, 4) is 28.7 Å². The van der Waals surface area contributed by atoms with Crippen LogP contribution in [0.4, 0.5) is 5.88 Å². The summed E-state index contributed by atoms with van der Waals surface area (Å²) in [5.74, 6) is 1.90. The number of nitrogens with zero attached hydrogens (tertiary/aromatic N) is 1. The van der Waals surface area contributed by atoms with Gasteiger partial charge in [0, 0.05) is 24.8 Å². The van der Waals surface area contributed by atoms with Crippen molar-refractivity contribution in [3.63, 3.8) is 0 Å². The summed E-state index contributed by atoms with van der Waals surface area (Å²) >= 11 is 0. The summed E-state index contributed by atoms with van der Waals surface area (Å²) in [5, 5.41) is 2.92. The Kier molecular flexibility index (Phi) is 6.83. The summed E-state index contributed by atoms with van der Waals surface area (Å²) in [5.41, 5.74) is 0.637. The summed E-state index contributed by atoms with van der Waals surface area (Å²) in [7, 11) is -4.02. The lowest BCUT2D eigenvalue weighted by Gasteiger charge is -2.18. The fourth-order valence-corrected chi connectivity index (χ4v) is 5.25. The second-order valence-corrected chi connectivity index (χ2v) is 10.2. The molecule has 0 radical (unpaired) electrons. The number of sulfone groups is 1. The van der Waals surface area contributed by atoms with E-state index < -0.39 is 9.84 Å². The van der Waals surface area contributed by atoms with E-state index in [0.29, 0.717) is 50.0 Å². The molecule has 2 aromatic carbocycles. The number of fused-ring (bicyclic) bond motifs is 1. The number of aromatic nitrogens is 1. The molecule has 1 fully saturated rings. The molecule has 9 nitrogen and oxygen atoms in total. The van der Waals surface area contributed by atoms with Gasteiger partial charge in [0.05, 0.1) is 17.6 Å². The Bertz CT molecular complexity index is 1270. The number of anilines is 1. The fraction of sp³-hybridized carbons (Fsp3) is 0.400. The highest BCUT2D eigenvalue weighted by molar-refractivity contribution is 7.91. The van der Waals surface area contributed by atoms with Crippen molar-refractivity contribution >= 4 is 15.7 Å². The zero-order valence-electron chi connectivity index (χ0n) is 19.5. The van der Waals surface area contributed by atoms with Crippen molar-refractivity contribution < 1.29 is 31.8 Å². The molecule has 1 unspecified atom stereocenters. The van der Waals surface area contributed by atoms with Crippen LogP contribution in [0.2, 0.25) is 0 Å². The maximum absolute atomic E-state index is 13.6. The first-order chi connectivity index (χ1) is 17.0. The van der Waals surface area contributed by atoms with Crippen molar-refractivity contribution in [1.29, 1.82) is 0 Å². The molecular formula is C25H28N2O7S. The van der Waals surface area contributed by atoms with E-state index in [9.17, 15) is 8.42 Å². The lowest BCUT2D eigenvalue weighted by molar-refractivity contribution is 0.120. The van der Waals surface area contributed by atoms with Gasteiger partial charge in [0.25, 0.3) is 0 Å². The lowest BCUT2D eigenvalue weighted by Crippen LogP contribution is -2.19. The molecule has 1 aromatic heterocycles. The highest BCUT2D eigenvalue weighted by Gasteiger charge is 2.30. The minimum absolute atomic E-state index is 0.0107. The Labute approximate surface area is 204 Å². The normalized spacial score (nSPS) is 17.3. The van der Waals surface area contributed by atoms with Gasteiger partial charge < -0.3 is 28.7 Å². The van der Waals surface area contributed by atoms with Gasteiger partial charge in [0.2, 0.25) is 26.6 Å². The van der Waals surface area contributed by atoms with Crippen LogP contribution in [0.15, 0.2) is 56.8 Å².